The Bertz CT molecular complexity index is 730. The Hall–Kier alpha value is -2.12. The molecule has 1 aliphatic rings. The minimum absolute atomic E-state index is 0.00811. The van der Waals surface area contributed by atoms with Crippen LogP contribution in [0.4, 0.5) is 0 Å². The number of likely N-dealkylation sites (N-methyl/N-ethyl adjacent to an activating group) is 1. The molecule has 6 nitrogen and oxygen atoms in total. The van der Waals surface area contributed by atoms with Gasteiger partial charge in [0.1, 0.15) is 5.01 Å². The van der Waals surface area contributed by atoms with Crippen molar-refractivity contribution in [3.05, 3.63) is 29.3 Å². The second-order valence-corrected chi connectivity index (χ2v) is 6.86. The van der Waals surface area contributed by atoms with Gasteiger partial charge in [-0.1, -0.05) is 0 Å². The molecule has 3 rings (SSSR count). The Morgan fingerprint density at radius 1 is 1.38 bits per heavy atom. The van der Waals surface area contributed by atoms with Crippen LogP contribution in [0.25, 0.3) is 10.6 Å². The van der Waals surface area contributed by atoms with E-state index in [0.717, 1.165) is 27.8 Å². The molecule has 2 heterocycles. The molecule has 1 amide bonds. The molecule has 7 heteroatoms. The molecule has 0 unspecified atom stereocenters. The molecule has 0 radical (unpaired) electrons. The molecule has 0 spiro atoms. The van der Waals surface area contributed by atoms with Crippen molar-refractivity contribution in [2.75, 3.05) is 27.4 Å². The third-order valence-corrected chi connectivity index (χ3v) is 4.93. The van der Waals surface area contributed by atoms with Crippen molar-refractivity contribution < 1.29 is 14.3 Å². The van der Waals surface area contributed by atoms with Crippen molar-refractivity contribution in [3.8, 4) is 22.1 Å². The van der Waals surface area contributed by atoms with E-state index in [2.05, 4.69) is 22.1 Å². The third-order valence-electron chi connectivity index (χ3n) is 3.99. The molecule has 1 aromatic heterocycles. The second-order valence-electron chi connectivity index (χ2n) is 6.01. The number of ether oxygens (including phenoxy) is 2. The molecule has 1 N–H and O–H groups in total. The fraction of sp³-hybridized carbons (Fsp3) is 0.412. The van der Waals surface area contributed by atoms with Crippen molar-refractivity contribution in [2.24, 2.45) is 0 Å². The van der Waals surface area contributed by atoms with Crippen LogP contribution in [0.1, 0.15) is 12.6 Å². The van der Waals surface area contributed by atoms with E-state index in [4.69, 9.17) is 9.47 Å². The predicted molar refractivity (Wildman–Crippen MR) is 93.5 cm³/mol. The van der Waals surface area contributed by atoms with E-state index in [1.807, 2.05) is 37.7 Å². The lowest BCUT2D eigenvalue weighted by molar-refractivity contribution is -0.120. The van der Waals surface area contributed by atoms with Crippen molar-refractivity contribution in [2.45, 2.75) is 19.4 Å². The van der Waals surface area contributed by atoms with Gasteiger partial charge in [0.05, 0.1) is 12.1 Å². The number of benzene rings is 1. The normalized spacial score (nSPS) is 14.0. The number of nitrogens with zero attached hydrogens (tertiary/aromatic N) is 2. The van der Waals surface area contributed by atoms with Crippen LogP contribution in [0.3, 0.4) is 0 Å². The SMILES string of the molecule is C[C@H](CNC(=O)Cc1csc(-c2ccc3c(c2)OCO3)n1)N(C)C. The van der Waals surface area contributed by atoms with Crippen LogP contribution in [-0.2, 0) is 11.2 Å². The summed E-state index contributed by atoms with van der Waals surface area (Å²) >= 11 is 1.52. The molecule has 2 aromatic rings. The molecule has 24 heavy (non-hydrogen) atoms. The zero-order valence-corrected chi connectivity index (χ0v) is 14.9. The predicted octanol–water partition coefficient (Wildman–Crippen LogP) is 2.15. The van der Waals surface area contributed by atoms with E-state index in [1.54, 1.807) is 0 Å². The summed E-state index contributed by atoms with van der Waals surface area (Å²) in [5.41, 5.74) is 1.75. The van der Waals surface area contributed by atoms with Gasteiger partial charge in [-0.25, -0.2) is 4.98 Å². The Morgan fingerprint density at radius 2 is 2.17 bits per heavy atom. The first-order valence-electron chi connectivity index (χ1n) is 7.80. The average Bonchev–Trinajstić information content (AvgIpc) is 3.20. The average molecular weight is 347 g/mol. The van der Waals surface area contributed by atoms with Gasteiger partial charge in [-0.3, -0.25) is 4.79 Å². The lowest BCUT2D eigenvalue weighted by Gasteiger charge is -2.19. The minimum Gasteiger partial charge on any atom is -0.454 e. The summed E-state index contributed by atoms with van der Waals surface area (Å²) in [7, 11) is 3.99. The van der Waals surface area contributed by atoms with Crippen LogP contribution in [0.15, 0.2) is 23.6 Å². The molecule has 1 aliphatic heterocycles. The third kappa shape index (κ3) is 3.85. The summed E-state index contributed by atoms with van der Waals surface area (Å²) in [5.74, 6) is 1.48. The Balaban J connectivity index is 1.60. The quantitative estimate of drug-likeness (QED) is 0.867. The smallest absolute Gasteiger partial charge is 0.231 e. The maximum Gasteiger partial charge on any atom is 0.231 e. The zero-order chi connectivity index (χ0) is 17.1. The number of carbonyl (C=O) groups is 1. The summed E-state index contributed by atoms with van der Waals surface area (Å²) in [6.45, 7) is 2.96. The van der Waals surface area contributed by atoms with Crippen LogP contribution >= 0.6 is 11.3 Å². The number of thiazole rings is 1. The van der Waals surface area contributed by atoms with E-state index >= 15 is 0 Å². The molecule has 0 bridgehead atoms. The fourth-order valence-electron chi connectivity index (χ4n) is 2.22. The van der Waals surface area contributed by atoms with E-state index in [-0.39, 0.29) is 12.7 Å². The van der Waals surface area contributed by atoms with Gasteiger partial charge in [0.2, 0.25) is 12.7 Å². The highest BCUT2D eigenvalue weighted by atomic mass is 32.1. The molecule has 0 aliphatic carbocycles. The molecular formula is C17H21N3O3S. The zero-order valence-electron chi connectivity index (χ0n) is 14.0. The lowest BCUT2D eigenvalue weighted by atomic mass is 10.2. The summed E-state index contributed by atoms with van der Waals surface area (Å²) in [5, 5.41) is 5.74. The van der Waals surface area contributed by atoms with Gasteiger partial charge in [-0.15, -0.1) is 11.3 Å². The van der Waals surface area contributed by atoms with Gasteiger partial charge in [0.25, 0.3) is 0 Å². The monoisotopic (exact) mass is 347 g/mol. The van der Waals surface area contributed by atoms with Gasteiger partial charge in [0, 0.05) is 23.5 Å². The van der Waals surface area contributed by atoms with Crippen LogP contribution < -0.4 is 14.8 Å². The highest BCUT2D eigenvalue weighted by Crippen LogP contribution is 2.36. The number of hydrogen-bond donors (Lipinski definition) is 1. The number of aromatic nitrogens is 1. The van der Waals surface area contributed by atoms with Gasteiger partial charge in [-0.05, 0) is 39.2 Å². The topological polar surface area (TPSA) is 63.7 Å². The van der Waals surface area contributed by atoms with Gasteiger partial charge in [-0.2, -0.15) is 0 Å². The molecule has 1 aromatic carbocycles. The molecule has 0 fully saturated rings. The number of hydrogen-bond acceptors (Lipinski definition) is 6. The van der Waals surface area contributed by atoms with Crippen LogP contribution in [-0.4, -0.2) is 49.3 Å². The van der Waals surface area contributed by atoms with Crippen LogP contribution in [0.5, 0.6) is 11.5 Å². The number of fused-ring (bicyclic) bond motifs is 1. The summed E-state index contributed by atoms with van der Waals surface area (Å²) in [6.07, 6.45) is 0.293. The van der Waals surface area contributed by atoms with Crippen molar-refractivity contribution in [3.63, 3.8) is 0 Å². The van der Waals surface area contributed by atoms with E-state index < -0.39 is 0 Å². The highest BCUT2D eigenvalue weighted by molar-refractivity contribution is 7.13. The fourth-order valence-corrected chi connectivity index (χ4v) is 3.04. The standard InChI is InChI=1S/C17H21N3O3S/c1-11(20(2)3)8-18-16(21)7-13-9-24-17(19-13)12-4-5-14-15(6-12)23-10-22-14/h4-6,9,11H,7-8,10H2,1-3H3,(H,18,21)/t11-/m1/s1. The van der Waals surface area contributed by atoms with Gasteiger partial charge >= 0.3 is 0 Å². The van der Waals surface area contributed by atoms with Crippen LogP contribution in [0.2, 0.25) is 0 Å². The number of amides is 1. The molecule has 0 saturated carbocycles. The lowest BCUT2D eigenvalue weighted by Crippen LogP contribution is -2.38. The summed E-state index contributed by atoms with van der Waals surface area (Å²) < 4.78 is 10.7. The Morgan fingerprint density at radius 3 is 2.96 bits per heavy atom. The van der Waals surface area contributed by atoms with E-state index in [0.29, 0.717) is 19.0 Å². The first-order chi connectivity index (χ1) is 11.5. The van der Waals surface area contributed by atoms with Crippen LogP contribution in [0, 0.1) is 0 Å². The van der Waals surface area contributed by atoms with Gasteiger partial charge in [0.15, 0.2) is 11.5 Å². The molecular weight excluding hydrogens is 326 g/mol. The first-order valence-corrected chi connectivity index (χ1v) is 8.68. The maximum atomic E-state index is 12.0. The molecule has 1 atom stereocenters. The van der Waals surface area contributed by atoms with Gasteiger partial charge < -0.3 is 19.7 Å². The summed E-state index contributed by atoms with van der Waals surface area (Å²) in [6, 6.07) is 6.06. The van der Waals surface area contributed by atoms with Crippen molar-refractivity contribution >= 4 is 17.2 Å². The number of nitrogens with one attached hydrogen (secondary N) is 1. The molecule has 128 valence electrons. The summed E-state index contributed by atoms with van der Waals surface area (Å²) in [4.78, 5) is 18.7. The molecule has 0 saturated heterocycles. The Labute approximate surface area is 145 Å². The maximum absolute atomic E-state index is 12.0. The minimum atomic E-state index is -0.00811. The van der Waals surface area contributed by atoms with Crippen molar-refractivity contribution in [1.29, 1.82) is 0 Å². The first kappa shape index (κ1) is 16.7. The second kappa shape index (κ2) is 7.19. The largest absolute Gasteiger partial charge is 0.454 e. The number of rotatable bonds is 6. The van der Waals surface area contributed by atoms with E-state index in [9.17, 15) is 4.79 Å². The number of carbonyl (C=O) groups excluding carboxylic acids is 1. The van der Waals surface area contributed by atoms with Crippen molar-refractivity contribution in [1.82, 2.24) is 15.2 Å². The van der Waals surface area contributed by atoms with E-state index in [1.165, 1.54) is 11.3 Å². The highest BCUT2D eigenvalue weighted by Gasteiger charge is 2.16. The Kier molecular flexibility index (Phi) is 5.01.